The second-order valence-electron chi connectivity index (χ2n) is 6.85. The Morgan fingerprint density at radius 3 is 2.35 bits per heavy atom. The Morgan fingerprint density at radius 1 is 1.13 bits per heavy atom. The van der Waals surface area contributed by atoms with Crippen molar-refractivity contribution in [1.82, 2.24) is 5.32 Å². The Balaban J connectivity index is 1.57. The van der Waals surface area contributed by atoms with E-state index >= 15 is 0 Å². The van der Waals surface area contributed by atoms with Gasteiger partial charge in [0.1, 0.15) is 0 Å². The van der Waals surface area contributed by atoms with Crippen LogP contribution in [0.3, 0.4) is 0 Å². The Bertz CT molecular complexity index is 948. The summed E-state index contributed by atoms with van der Waals surface area (Å²) in [6, 6.07) is 11.6. The summed E-state index contributed by atoms with van der Waals surface area (Å²) in [6.45, 7) is 0.619. The molecule has 1 unspecified atom stereocenters. The third kappa shape index (κ3) is 5.88. The van der Waals surface area contributed by atoms with Gasteiger partial charge in [-0.2, -0.15) is 0 Å². The molecule has 1 atom stereocenters. The van der Waals surface area contributed by atoms with Crippen molar-refractivity contribution in [3.05, 3.63) is 64.7 Å². The van der Waals surface area contributed by atoms with Crippen LogP contribution in [0.15, 0.2) is 53.6 Å². The molecule has 0 saturated carbocycles. The molecule has 0 saturated heterocycles. The van der Waals surface area contributed by atoms with Gasteiger partial charge in [-0.25, -0.2) is 0 Å². The molecular formula is C23H27N3O4S. The van der Waals surface area contributed by atoms with E-state index in [4.69, 9.17) is 19.9 Å². The minimum atomic E-state index is -0.156. The van der Waals surface area contributed by atoms with Gasteiger partial charge >= 0.3 is 0 Å². The number of ether oxygens (including phenoxy) is 3. The van der Waals surface area contributed by atoms with Crippen molar-refractivity contribution in [1.29, 1.82) is 0 Å². The fourth-order valence-electron chi connectivity index (χ4n) is 3.07. The van der Waals surface area contributed by atoms with Gasteiger partial charge in [-0.05, 0) is 22.6 Å². The minimum Gasteiger partial charge on any atom is -0.493 e. The van der Waals surface area contributed by atoms with Crippen LogP contribution < -0.4 is 30.6 Å². The molecule has 31 heavy (non-hydrogen) atoms. The van der Waals surface area contributed by atoms with Gasteiger partial charge in [0.05, 0.1) is 27.4 Å². The molecule has 164 valence electrons. The zero-order valence-corrected chi connectivity index (χ0v) is 18.6. The molecule has 2 aromatic carbocycles. The van der Waals surface area contributed by atoms with E-state index in [1.807, 2.05) is 41.8 Å². The molecule has 8 heteroatoms. The Hall–Kier alpha value is -3.26. The summed E-state index contributed by atoms with van der Waals surface area (Å²) in [7, 11) is 4.76. The fraction of sp³-hybridized carbons (Fsp3) is 0.261. The third-order valence-corrected chi connectivity index (χ3v) is 5.73. The highest BCUT2D eigenvalue weighted by atomic mass is 32.2. The highest BCUT2D eigenvalue weighted by Gasteiger charge is 2.18. The molecule has 1 aliphatic rings. The molecule has 0 fully saturated rings. The van der Waals surface area contributed by atoms with Crippen LogP contribution in [0.4, 0.5) is 5.69 Å². The number of nitrogens with one attached hydrogen (secondary N) is 2. The number of thioether (sulfide) groups is 1. The van der Waals surface area contributed by atoms with E-state index in [9.17, 15) is 4.79 Å². The standard InChI is InChI=1S/C23H27N3O4S/c1-28-20-10-17(11-21(29-2)23(20)30-3)25-12-16-6-4-15(5-7-16)8-9-22(27)26-19-14-31-13-18(19)24/h4-11,13,19,25H,12,14,24H2,1-3H3,(H,26,27)/b9-8+. The third-order valence-electron chi connectivity index (χ3n) is 4.77. The van der Waals surface area contributed by atoms with Gasteiger partial charge in [0.15, 0.2) is 11.5 Å². The van der Waals surface area contributed by atoms with E-state index in [1.165, 1.54) is 6.08 Å². The normalized spacial score (nSPS) is 15.5. The van der Waals surface area contributed by atoms with E-state index in [2.05, 4.69) is 10.6 Å². The van der Waals surface area contributed by atoms with E-state index < -0.39 is 0 Å². The lowest BCUT2D eigenvalue weighted by Gasteiger charge is -2.15. The number of rotatable bonds is 9. The van der Waals surface area contributed by atoms with E-state index in [0.717, 1.165) is 22.6 Å². The molecule has 0 radical (unpaired) electrons. The van der Waals surface area contributed by atoms with Crippen molar-refractivity contribution in [2.75, 3.05) is 32.4 Å². The lowest BCUT2D eigenvalue weighted by Crippen LogP contribution is -2.37. The molecule has 0 bridgehead atoms. The molecule has 1 aliphatic heterocycles. The monoisotopic (exact) mass is 441 g/mol. The van der Waals surface area contributed by atoms with Crippen LogP contribution >= 0.6 is 11.8 Å². The Labute approximate surface area is 186 Å². The topological polar surface area (TPSA) is 94.8 Å². The van der Waals surface area contributed by atoms with Crippen LogP contribution in [-0.4, -0.2) is 39.0 Å². The molecule has 2 aromatic rings. The van der Waals surface area contributed by atoms with Gasteiger partial charge in [0, 0.05) is 41.9 Å². The van der Waals surface area contributed by atoms with Gasteiger partial charge in [0.25, 0.3) is 0 Å². The quantitative estimate of drug-likeness (QED) is 0.514. The van der Waals surface area contributed by atoms with Crippen LogP contribution in [0.2, 0.25) is 0 Å². The molecule has 0 aliphatic carbocycles. The summed E-state index contributed by atoms with van der Waals surface area (Å²) in [5, 5.41) is 8.13. The highest BCUT2D eigenvalue weighted by Crippen LogP contribution is 2.40. The lowest BCUT2D eigenvalue weighted by atomic mass is 10.1. The second kappa shape index (κ2) is 10.7. The number of hydrogen-bond donors (Lipinski definition) is 3. The van der Waals surface area contributed by atoms with E-state index in [0.29, 0.717) is 29.5 Å². The summed E-state index contributed by atoms with van der Waals surface area (Å²) in [6.07, 6.45) is 3.31. The summed E-state index contributed by atoms with van der Waals surface area (Å²) in [5.41, 5.74) is 9.44. The molecule has 7 nitrogen and oxygen atoms in total. The first-order valence-electron chi connectivity index (χ1n) is 9.72. The number of carbonyl (C=O) groups is 1. The van der Waals surface area contributed by atoms with Crippen molar-refractivity contribution >= 4 is 29.4 Å². The van der Waals surface area contributed by atoms with E-state index in [-0.39, 0.29) is 11.9 Å². The Kier molecular flexibility index (Phi) is 7.72. The van der Waals surface area contributed by atoms with Crippen molar-refractivity contribution < 1.29 is 19.0 Å². The van der Waals surface area contributed by atoms with Crippen LogP contribution in [-0.2, 0) is 11.3 Å². The summed E-state index contributed by atoms with van der Waals surface area (Å²) in [5.74, 6) is 2.37. The van der Waals surface area contributed by atoms with Gasteiger partial charge in [0.2, 0.25) is 11.7 Å². The summed E-state index contributed by atoms with van der Waals surface area (Å²) >= 11 is 1.61. The Morgan fingerprint density at radius 2 is 1.81 bits per heavy atom. The average Bonchev–Trinajstić information content (AvgIpc) is 3.20. The minimum absolute atomic E-state index is 0.0918. The summed E-state index contributed by atoms with van der Waals surface area (Å²) in [4.78, 5) is 12.1. The van der Waals surface area contributed by atoms with Crippen LogP contribution in [0, 0.1) is 0 Å². The molecule has 4 N–H and O–H groups in total. The molecule has 1 amide bonds. The van der Waals surface area contributed by atoms with Crippen molar-refractivity contribution in [3.8, 4) is 17.2 Å². The van der Waals surface area contributed by atoms with Crippen molar-refractivity contribution in [3.63, 3.8) is 0 Å². The fourth-order valence-corrected chi connectivity index (χ4v) is 3.99. The van der Waals surface area contributed by atoms with Gasteiger partial charge in [-0.3, -0.25) is 4.79 Å². The smallest absolute Gasteiger partial charge is 0.244 e. The van der Waals surface area contributed by atoms with Gasteiger partial charge in [-0.15, -0.1) is 11.8 Å². The first-order chi connectivity index (χ1) is 15.0. The number of amides is 1. The number of hydrogen-bond acceptors (Lipinski definition) is 7. The maximum absolute atomic E-state index is 12.1. The zero-order chi connectivity index (χ0) is 22.2. The lowest BCUT2D eigenvalue weighted by molar-refractivity contribution is -0.116. The number of methoxy groups -OCH3 is 3. The van der Waals surface area contributed by atoms with Crippen LogP contribution in [0.1, 0.15) is 11.1 Å². The van der Waals surface area contributed by atoms with Gasteiger partial charge < -0.3 is 30.6 Å². The largest absolute Gasteiger partial charge is 0.493 e. The van der Waals surface area contributed by atoms with Crippen molar-refractivity contribution in [2.45, 2.75) is 12.6 Å². The van der Waals surface area contributed by atoms with Crippen LogP contribution in [0.5, 0.6) is 17.2 Å². The predicted molar refractivity (Wildman–Crippen MR) is 126 cm³/mol. The molecule has 1 heterocycles. The number of carbonyl (C=O) groups excluding carboxylic acids is 1. The van der Waals surface area contributed by atoms with Gasteiger partial charge in [-0.1, -0.05) is 24.3 Å². The molecule has 0 spiro atoms. The van der Waals surface area contributed by atoms with E-state index in [1.54, 1.807) is 39.2 Å². The number of benzene rings is 2. The second-order valence-corrected chi connectivity index (χ2v) is 7.76. The number of anilines is 1. The predicted octanol–water partition coefficient (Wildman–Crippen LogP) is 3.37. The first-order valence-corrected chi connectivity index (χ1v) is 10.8. The molecular weight excluding hydrogens is 414 g/mol. The zero-order valence-electron chi connectivity index (χ0n) is 17.8. The highest BCUT2D eigenvalue weighted by molar-refractivity contribution is 8.02. The summed E-state index contributed by atoms with van der Waals surface area (Å²) < 4.78 is 16.1. The maximum atomic E-state index is 12.1. The first kappa shape index (κ1) is 22.4. The molecule has 0 aromatic heterocycles. The van der Waals surface area contributed by atoms with Crippen molar-refractivity contribution in [2.24, 2.45) is 5.73 Å². The van der Waals surface area contributed by atoms with Crippen LogP contribution in [0.25, 0.3) is 6.08 Å². The number of nitrogens with two attached hydrogens (primary N) is 1. The maximum Gasteiger partial charge on any atom is 0.244 e. The molecule has 3 rings (SSSR count). The average molecular weight is 442 g/mol. The SMILES string of the molecule is COc1cc(NCc2ccc(/C=C/C(=O)NC3CSC=C3N)cc2)cc(OC)c1OC.